The van der Waals surface area contributed by atoms with Gasteiger partial charge in [-0.2, -0.15) is 13.2 Å². The minimum atomic E-state index is -4.47. The Morgan fingerprint density at radius 3 is 2.60 bits per heavy atom. The van der Waals surface area contributed by atoms with Crippen molar-refractivity contribution in [2.24, 2.45) is 0 Å². The summed E-state index contributed by atoms with van der Waals surface area (Å²) in [6.45, 7) is 1.67. The molecule has 3 N–H and O–H groups in total. The lowest BCUT2D eigenvalue weighted by atomic mass is 10.1. The third kappa shape index (κ3) is 2.90. The summed E-state index contributed by atoms with van der Waals surface area (Å²) in [7, 11) is 0. The number of thiazole rings is 1. The number of carbonyl (C=O) groups excluding carboxylic acids is 1. The standard InChI is InChI=1S/C12H10F3N3OS/c1-6-10(20-5-17-6)11(19)18-9-3-2-7(4-8(9)16)12(13,14)15/h2-5H,16H2,1H3,(H,18,19). The van der Waals surface area contributed by atoms with Gasteiger partial charge in [0.05, 0.1) is 28.1 Å². The van der Waals surface area contributed by atoms with Crippen molar-refractivity contribution >= 4 is 28.6 Å². The molecule has 4 nitrogen and oxygen atoms in total. The van der Waals surface area contributed by atoms with Crippen molar-refractivity contribution in [2.75, 3.05) is 11.1 Å². The largest absolute Gasteiger partial charge is 0.416 e. The first-order valence-electron chi connectivity index (χ1n) is 5.47. The molecule has 20 heavy (non-hydrogen) atoms. The molecule has 0 aliphatic heterocycles. The Hall–Kier alpha value is -2.09. The Bertz CT molecular complexity index is 652. The Morgan fingerprint density at radius 2 is 2.10 bits per heavy atom. The van der Waals surface area contributed by atoms with E-state index in [9.17, 15) is 18.0 Å². The summed E-state index contributed by atoms with van der Waals surface area (Å²) in [5.74, 6) is -0.448. The van der Waals surface area contributed by atoms with E-state index in [0.717, 1.165) is 29.5 Å². The fourth-order valence-electron chi connectivity index (χ4n) is 1.55. The summed E-state index contributed by atoms with van der Waals surface area (Å²) in [5, 5.41) is 2.47. The molecule has 0 fully saturated rings. The summed E-state index contributed by atoms with van der Waals surface area (Å²) in [6.07, 6.45) is -4.47. The predicted octanol–water partition coefficient (Wildman–Crippen LogP) is 3.30. The van der Waals surface area contributed by atoms with Gasteiger partial charge in [0.1, 0.15) is 4.88 Å². The molecule has 0 aliphatic rings. The van der Waals surface area contributed by atoms with Crippen molar-refractivity contribution in [3.63, 3.8) is 0 Å². The molecular formula is C12H10F3N3OS. The lowest BCUT2D eigenvalue weighted by Gasteiger charge is -2.11. The number of halogens is 3. The monoisotopic (exact) mass is 301 g/mol. The number of aryl methyl sites for hydroxylation is 1. The molecule has 1 amide bonds. The van der Waals surface area contributed by atoms with Crippen LogP contribution in [0.5, 0.6) is 0 Å². The number of nitrogens with two attached hydrogens (primary N) is 1. The Balaban J connectivity index is 2.23. The van der Waals surface area contributed by atoms with Crippen LogP contribution in [0.2, 0.25) is 0 Å². The summed E-state index contributed by atoms with van der Waals surface area (Å²) < 4.78 is 37.5. The molecule has 2 aromatic rings. The number of nitrogens with zero attached hydrogens (tertiary/aromatic N) is 1. The Kier molecular flexibility index (Phi) is 3.67. The predicted molar refractivity (Wildman–Crippen MR) is 70.7 cm³/mol. The molecular weight excluding hydrogens is 291 g/mol. The van der Waals surface area contributed by atoms with Crippen molar-refractivity contribution in [3.8, 4) is 0 Å². The molecule has 0 saturated heterocycles. The van der Waals surface area contributed by atoms with Gasteiger partial charge in [0.25, 0.3) is 5.91 Å². The van der Waals surface area contributed by atoms with Gasteiger partial charge in [0, 0.05) is 0 Å². The minimum absolute atomic E-state index is 0.135. The van der Waals surface area contributed by atoms with Crippen molar-refractivity contribution in [1.29, 1.82) is 0 Å². The Labute approximate surface area is 116 Å². The zero-order valence-electron chi connectivity index (χ0n) is 10.3. The fraction of sp³-hybridized carbons (Fsp3) is 0.167. The molecule has 0 radical (unpaired) electrons. The first kappa shape index (κ1) is 14.3. The second kappa shape index (κ2) is 5.12. The SMILES string of the molecule is Cc1ncsc1C(=O)Nc1ccc(C(F)(F)F)cc1N. The van der Waals surface area contributed by atoms with Crippen molar-refractivity contribution < 1.29 is 18.0 Å². The van der Waals surface area contributed by atoms with Gasteiger partial charge in [0.2, 0.25) is 0 Å². The van der Waals surface area contributed by atoms with E-state index in [0.29, 0.717) is 10.6 Å². The van der Waals surface area contributed by atoms with E-state index in [1.807, 2.05) is 0 Å². The number of amides is 1. The molecule has 1 heterocycles. The molecule has 1 aromatic heterocycles. The third-order valence-corrected chi connectivity index (χ3v) is 3.51. The summed E-state index contributed by atoms with van der Waals surface area (Å²) in [4.78, 5) is 16.2. The molecule has 0 bridgehead atoms. The zero-order chi connectivity index (χ0) is 14.9. The van der Waals surface area contributed by atoms with Gasteiger partial charge < -0.3 is 11.1 Å². The van der Waals surface area contributed by atoms with Crippen LogP contribution in [-0.2, 0) is 6.18 Å². The molecule has 0 unspecified atom stereocenters. The maximum absolute atomic E-state index is 12.5. The van der Waals surface area contributed by atoms with Gasteiger partial charge in [0.15, 0.2) is 0 Å². The smallest absolute Gasteiger partial charge is 0.397 e. The molecule has 0 atom stereocenters. The van der Waals surface area contributed by atoms with Crippen LogP contribution in [0.15, 0.2) is 23.7 Å². The van der Waals surface area contributed by atoms with Crippen LogP contribution in [0.1, 0.15) is 20.9 Å². The van der Waals surface area contributed by atoms with E-state index >= 15 is 0 Å². The average molecular weight is 301 g/mol. The van der Waals surface area contributed by atoms with Gasteiger partial charge in [-0.1, -0.05) is 0 Å². The van der Waals surface area contributed by atoms with Crippen LogP contribution in [0.4, 0.5) is 24.5 Å². The van der Waals surface area contributed by atoms with E-state index in [1.165, 1.54) is 5.51 Å². The van der Waals surface area contributed by atoms with Crippen molar-refractivity contribution in [1.82, 2.24) is 4.98 Å². The number of aromatic nitrogens is 1. The number of nitrogen functional groups attached to an aromatic ring is 1. The molecule has 1 aromatic carbocycles. The third-order valence-electron chi connectivity index (χ3n) is 2.58. The number of nitrogens with one attached hydrogen (secondary N) is 1. The molecule has 8 heteroatoms. The topological polar surface area (TPSA) is 68.0 Å². The van der Waals surface area contributed by atoms with Crippen LogP contribution >= 0.6 is 11.3 Å². The summed E-state index contributed by atoms with van der Waals surface area (Å²) in [5.41, 5.74) is 6.73. The van der Waals surface area contributed by atoms with Gasteiger partial charge in [-0.15, -0.1) is 11.3 Å². The van der Waals surface area contributed by atoms with Gasteiger partial charge in [-0.25, -0.2) is 4.98 Å². The van der Waals surface area contributed by atoms with E-state index in [-0.39, 0.29) is 11.4 Å². The summed E-state index contributed by atoms with van der Waals surface area (Å²) >= 11 is 1.15. The zero-order valence-corrected chi connectivity index (χ0v) is 11.1. The molecule has 0 saturated carbocycles. The van der Waals surface area contributed by atoms with E-state index < -0.39 is 17.6 Å². The minimum Gasteiger partial charge on any atom is -0.397 e. The number of rotatable bonds is 2. The van der Waals surface area contributed by atoms with Crippen LogP contribution in [-0.4, -0.2) is 10.9 Å². The maximum Gasteiger partial charge on any atom is 0.416 e. The van der Waals surface area contributed by atoms with Crippen molar-refractivity contribution in [2.45, 2.75) is 13.1 Å². The molecule has 0 aliphatic carbocycles. The highest BCUT2D eigenvalue weighted by Crippen LogP contribution is 2.33. The van der Waals surface area contributed by atoms with Gasteiger partial charge >= 0.3 is 6.18 Å². The highest BCUT2D eigenvalue weighted by molar-refractivity contribution is 7.12. The summed E-state index contributed by atoms with van der Waals surface area (Å²) in [6, 6.07) is 2.78. The fourth-order valence-corrected chi connectivity index (χ4v) is 2.25. The average Bonchev–Trinajstić information content (AvgIpc) is 2.76. The van der Waals surface area contributed by atoms with Crippen LogP contribution in [0.3, 0.4) is 0 Å². The van der Waals surface area contributed by atoms with Gasteiger partial charge in [-0.05, 0) is 25.1 Å². The highest BCUT2D eigenvalue weighted by Gasteiger charge is 2.30. The van der Waals surface area contributed by atoms with Gasteiger partial charge in [-0.3, -0.25) is 4.79 Å². The van der Waals surface area contributed by atoms with Crippen LogP contribution in [0, 0.1) is 6.92 Å². The number of benzene rings is 1. The first-order valence-corrected chi connectivity index (χ1v) is 6.35. The molecule has 2 rings (SSSR count). The quantitative estimate of drug-likeness (QED) is 0.836. The lowest BCUT2D eigenvalue weighted by Crippen LogP contribution is -2.14. The number of carbonyl (C=O) groups is 1. The number of hydrogen-bond donors (Lipinski definition) is 2. The second-order valence-corrected chi connectivity index (χ2v) is 4.88. The Morgan fingerprint density at radius 1 is 1.40 bits per heavy atom. The number of alkyl halides is 3. The second-order valence-electron chi connectivity index (χ2n) is 4.02. The van der Waals surface area contributed by atoms with Crippen LogP contribution < -0.4 is 11.1 Å². The number of hydrogen-bond acceptors (Lipinski definition) is 4. The first-order chi connectivity index (χ1) is 9.29. The molecule has 106 valence electrons. The highest BCUT2D eigenvalue weighted by atomic mass is 32.1. The lowest BCUT2D eigenvalue weighted by molar-refractivity contribution is -0.137. The van der Waals surface area contributed by atoms with E-state index in [1.54, 1.807) is 6.92 Å². The van der Waals surface area contributed by atoms with E-state index in [2.05, 4.69) is 10.3 Å². The van der Waals surface area contributed by atoms with Crippen LogP contribution in [0.25, 0.3) is 0 Å². The van der Waals surface area contributed by atoms with E-state index in [4.69, 9.17) is 5.73 Å². The molecule has 0 spiro atoms. The normalized spacial score (nSPS) is 11.4. The number of anilines is 2. The maximum atomic E-state index is 12.5. The van der Waals surface area contributed by atoms with Crippen molar-refractivity contribution in [3.05, 3.63) is 39.8 Å².